The fourth-order valence-electron chi connectivity index (χ4n) is 4.52. The van der Waals surface area contributed by atoms with Gasteiger partial charge in [-0.3, -0.25) is 4.79 Å². The van der Waals surface area contributed by atoms with Crippen molar-refractivity contribution < 1.29 is 9.69 Å². The second-order valence-electron chi connectivity index (χ2n) is 8.53. The van der Waals surface area contributed by atoms with Crippen LogP contribution in [0.15, 0.2) is 60.7 Å². The Morgan fingerprint density at radius 1 is 1.00 bits per heavy atom. The van der Waals surface area contributed by atoms with E-state index in [0.29, 0.717) is 5.56 Å². The van der Waals surface area contributed by atoms with Crippen molar-refractivity contribution in [1.29, 1.82) is 0 Å². The van der Waals surface area contributed by atoms with Crippen LogP contribution in [0.5, 0.6) is 0 Å². The third kappa shape index (κ3) is 4.35. The smallest absolute Gasteiger partial charge is 0.256 e. The van der Waals surface area contributed by atoms with E-state index >= 15 is 0 Å². The van der Waals surface area contributed by atoms with E-state index in [-0.39, 0.29) is 11.9 Å². The second kappa shape index (κ2) is 9.15. The van der Waals surface area contributed by atoms with Crippen LogP contribution in [-0.4, -0.2) is 19.0 Å². The number of rotatable bonds is 5. The van der Waals surface area contributed by atoms with Gasteiger partial charge in [0.25, 0.3) is 5.91 Å². The fourth-order valence-corrected chi connectivity index (χ4v) is 5.62. The van der Waals surface area contributed by atoms with Gasteiger partial charge in [0.1, 0.15) is 11.0 Å². The van der Waals surface area contributed by atoms with E-state index in [9.17, 15) is 4.79 Å². The molecule has 1 aliphatic heterocycles. The van der Waals surface area contributed by atoms with E-state index in [1.807, 2.05) is 30.3 Å². The lowest BCUT2D eigenvalue weighted by Gasteiger charge is -2.34. The van der Waals surface area contributed by atoms with E-state index in [4.69, 9.17) is 0 Å². The van der Waals surface area contributed by atoms with E-state index in [1.54, 1.807) is 16.2 Å². The monoisotopic (exact) mass is 419 g/mol. The number of amides is 1. The van der Waals surface area contributed by atoms with Crippen molar-refractivity contribution in [2.75, 3.05) is 18.4 Å². The van der Waals surface area contributed by atoms with Gasteiger partial charge in [0, 0.05) is 16.0 Å². The lowest BCUT2D eigenvalue weighted by molar-refractivity contribution is -0.931. The van der Waals surface area contributed by atoms with Crippen molar-refractivity contribution in [3.63, 3.8) is 0 Å². The third-order valence-corrected chi connectivity index (χ3v) is 7.58. The van der Waals surface area contributed by atoms with Crippen LogP contribution in [0.25, 0.3) is 0 Å². The standard InChI is InChI=1S/C26H30N2OS/c1-18-14-16-28(17-15-18)24(21-10-6-4-7-11-21)23-19(2)20(3)30-26(23)27-25(29)22-12-8-5-9-13-22/h4-13,18,24H,14-17H2,1-3H3,(H,27,29)/p+1/t24-/m0/s1. The molecule has 0 aliphatic carbocycles. The lowest BCUT2D eigenvalue weighted by atomic mass is 9.91. The van der Waals surface area contributed by atoms with Crippen LogP contribution in [0.4, 0.5) is 5.00 Å². The number of benzene rings is 2. The topological polar surface area (TPSA) is 33.5 Å². The van der Waals surface area contributed by atoms with E-state index in [0.717, 1.165) is 10.9 Å². The highest BCUT2D eigenvalue weighted by Gasteiger charge is 2.34. The van der Waals surface area contributed by atoms with Crippen LogP contribution in [0.3, 0.4) is 0 Å². The van der Waals surface area contributed by atoms with Gasteiger partial charge >= 0.3 is 0 Å². The van der Waals surface area contributed by atoms with Crippen LogP contribution in [0.2, 0.25) is 0 Å². The molecule has 0 unspecified atom stereocenters. The normalized spacial score (nSPS) is 20.0. The summed E-state index contributed by atoms with van der Waals surface area (Å²) in [6.45, 7) is 9.07. The van der Waals surface area contributed by atoms with Crippen molar-refractivity contribution in [1.82, 2.24) is 0 Å². The summed E-state index contributed by atoms with van der Waals surface area (Å²) >= 11 is 1.71. The maximum atomic E-state index is 13.0. The molecule has 1 atom stereocenters. The summed E-state index contributed by atoms with van der Waals surface area (Å²) in [5.41, 5.74) is 4.63. The Hall–Kier alpha value is -2.43. The predicted molar refractivity (Wildman–Crippen MR) is 126 cm³/mol. The number of aryl methyl sites for hydroxylation is 1. The van der Waals surface area contributed by atoms with E-state index in [2.05, 4.69) is 56.4 Å². The summed E-state index contributed by atoms with van der Waals surface area (Å²) in [4.78, 5) is 15.8. The molecule has 0 spiro atoms. The number of carbonyl (C=O) groups excluding carboxylic acids is 1. The first kappa shape index (κ1) is 20.8. The number of likely N-dealkylation sites (tertiary alicyclic amines) is 1. The molecule has 1 aromatic heterocycles. The van der Waals surface area contributed by atoms with Crippen LogP contribution < -0.4 is 10.2 Å². The quantitative estimate of drug-likeness (QED) is 0.598. The Kier molecular flexibility index (Phi) is 6.35. The molecular weight excluding hydrogens is 388 g/mol. The summed E-state index contributed by atoms with van der Waals surface area (Å²) in [6.07, 6.45) is 2.51. The highest BCUT2D eigenvalue weighted by atomic mass is 32.1. The predicted octanol–water partition coefficient (Wildman–Crippen LogP) is 5.02. The highest BCUT2D eigenvalue weighted by Crippen LogP contribution is 2.38. The molecule has 4 rings (SSSR count). The van der Waals surface area contributed by atoms with E-state index < -0.39 is 0 Å². The molecule has 30 heavy (non-hydrogen) atoms. The van der Waals surface area contributed by atoms with Crippen LogP contribution in [0.1, 0.15) is 57.7 Å². The van der Waals surface area contributed by atoms with Crippen molar-refractivity contribution in [2.45, 2.75) is 39.7 Å². The maximum Gasteiger partial charge on any atom is 0.256 e. The number of piperidine rings is 1. The molecule has 0 saturated carbocycles. The summed E-state index contributed by atoms with van der Waals surface area (Å²) < 4.78 is 0. The molecule has 1 saturated heterocycles. The highest BCUT2D eigenvalue weighted by molar-refractivity contribution is 7.16. The lowest BCUT2D eigenvalue weighted by Crippen LogP contribution is -3.13. The van der Waals surface area contributed by atoms with Gasteiger partial charge in [-0.05, 0) is 50.3 Å². The average molecular weight is 420 g/mol. The zero-order valence-corrected chi connectivity index (χ0v) is 18.9. The Morgan fingerprint density at radius 3 is 2.23 bits per heavy atom. The minimum atomic E-state index is -0.0350. The summed E-state index contributed by atoms with van der Waals surface area (Å²) in [5.74, 6) is 0.764. The first-order valence-electron chi connectivity index (χ1n) is 10.9. The van der Waals surface area contributed by atoms with Crippen LogP contribution in [-0.2, 0) is 0 Å². The molecule has 2 N–H and O–H groups in total. The first-order chi connectivity index (χ1) is 14.5. The minimum Gasteiger partial charge on any atom is -0.325 e. The summed E-state index contributed by atoms with van der Waals surface area (Å²) in [5, 5.41) is 4.25. The van der Waals surface area contributed by atoms with Gasteiger partial charge < -0.3 is 10.2 Å². The molecule has 156 valence electrons. The van der Waals surface area contributed by atoms with Crippen molar-refractivity contribution >= 4 is 22.2 Å². The molecule has 1 fully saturated rings. The number of hydrogen-bond donors (Lipinski definition) is 2. The van der Waals surface area contributed by atoms with Crippen LogP contribution in [0, 0.1) is 19.8 Å². The third-order valence-electron chi connectivity index (χ3n) is 6.44. The number of carbonyl (C=O) groups is 1. The first-order valence-corrected chi connectivity index (χ1v) is 11.7. The van der Waals surface area contributed by atoms with Crippen LogP contribution >= 0.6 is 11.3 Å². The molecule has 1 amide bonds. The molecule has 4 heteroatoms. The number of nitrogens with one attached hydrogen (secondary N) is 2. The summed E-state index contributed by atoms with van der Waals surface area (Å²) in [7, 11) is 0. The maximum absolute atomic E-state index is 13.0. The van der Waals surface area contributed by atoms with Gasteiger partial charge in [0.15, 0.2) is 0 Å². The molecule has 3 aromatic rings. The Bertz CT molecular complexity index is 989. The zero-order chi connectivity index (χ0) is 21.1. The van der Waals surface area contributed by atoms with Gasteiger partial charge in [-0.2, -0.15) is 0 Å². The van der Waals surface area contributed by atoms with Gasteiger partial charge in [0.05, 0.1) is 18.7 Å². The Labute approximate surface area is 183 Å². The average Bonchev–Trinajstić information content (AvgIpc) is 3.04. The number of anilines is 1. The summed E-state index contributed by atoms with van der Waals surface area (Å²) in [6, 6.07) is 20.6. The largest absolute Gasteiger partial charge is 0.325 e. The molecule has 2 heterocycles. The van der Waals surface area contributed by atoms with E-state index in [1.165, 1.54) is 47.5 Å². The second-order valence-corrected chi connectivity index (χ2v) is 9.76. The molecule has 0 radical (unpaired) electrons. The number of quaternary nitrogens is 1. The van der Waals surface area contributed by atoms with Gasteiger partial charge in [-0.25, -0.2) is 0 Å². The van der Waals surface area contributed by atoms with Crippen molar-refractivity contribution in [3.8, 4) is 0 Å². The fraction of sp³-hybridized carbons (Fsp3) is 0.346. The van der Waals surface area contributed by atoms with Crippen molar-refractivity contribution in [3.05, 3.63) is 87.8 Å². The number of hydrogen-bond acceptors (Lipinski definition) is 2. The molecule has 3 nitrogen and oxygen atoms in total. The molecule has 1 aliphatic rings. The minimum absolute atomic E-state index is 0.0350. The molecule has 2 aromatic carbocycles. The van der Waals surface area contributed by atoms with Crippen molar-refractivity contribution in [2.24, 2.45) is 5.92 Å². The SMILES string of the molecule is Cc1sc(NC(=O)c2ccccc2)c([C@H](c2ccccc2)[NH+]2CCC(C)CC2)c1C. The Balaban J connectivity index is 1.74. The van der Waals surface area contributed by atoms with Gasteiger partial charge in [-0.1, -0.05) is 55.5 Å². The van der Waals surface area contributed by atoms with Gasteiger partial charge in [0.2, 0.25) is 0 Å². The molecular formula is C26H31N2OS+. The molecule has 0 bridgehead atoms. The zero-order valence-electron chi connectivity index (χ0n) is 18.1. The Morgan fingerprint density at radius 2 is 1.60 bits per heavy atom. The number of thiophene rings is 1. The van der Waals surface area contributed by atoms with Gasteiger partial charge in [-0.15, -0.1) is 11.3 Å².